The van der Waals surface area contributed by atoms with Crippen LogP contribution < -0.4 is 10.1 Å². The molecule has 0 radical (unpaired) electrons. The average molecular weight is 342 g/mol. The Balaban J connectivity index is 1.81. The second kappa shape index (κ2) is 8.81. The van der Waals surface area contributed by atoms with Crippen molar-refractivity contribution in [2.75, 3.05) is 6.61 Å². The number of amides is 1. The van der Waals surface area contributed by atoms with Gasteiger partial charge < -0.3 is 15.2 Å². The van der Waals surface area contributed by atoms with Gasteiger partial charge in [0, 0.05) is 6.04 Å². The Kier molecular flexibility index (Phi) is 6.49. The van der Waals surface area contributed by atoms with Crippen molar-refractivity contribution in [1.29, 1.82) is 5.26 Å². The molecule has 25 heavy (non-hydrogen) atoms. The summed E-state index contributed by atoms with van der Waals surface area (Å²) in [6.07, 6.45) is -0.525. The molecule has 0 saturated carbocycles. The molecule has 2 aromatic rings. The molecule has 130 valence electrons. The van der Waals surface area contributed by atoms with Gasteiger partial charge in [0.2, 0.25) is 0 Å². The third kappa shape index (κ3) is 5.59. The van der Waals surface area contributed by atoms with E-state index in [2.05, 4.69) is 5.32 Å². The number of nitrogens with zero attached hydrogens (tertiary/aromatic N) is 1. The van der Waals surface area contributed by atoms with E-state index in [1.807, 2.05) is 6.07 Å². The first-order valence-corrected chi connectivity index (χ1v) is 7.84. The van der Waals surface area contributed by atoms with E-state index >= 15 is 0 Å². The van der Waals surface area contributed by atoms with Crippen molar-refractivity contribution in [3.8, 4) is 11.8 Å². The van der Waals surface area contributed by atoms with Crippen molar-refractivity contribution in [3.63, 3.8) is 0 Å². The van der Waals surface area contributed by atoms with Crippen molar-refractivity contribution in [1.82, 2.24) is 5.32 Å². The molecule has 1 amide bonds. The summed E-state index contributed by atoms with van der Waals surface area (Å²) in [6.45, 7) is 1.53. The van der Waals surface area contributed by atoms with E-state index in [9.17, 15) is 14.3 Å². The number of aliphatic hydroxyl groups excluding tert-OH is 1. The summed E-state index contributed by atoms with van der Waals surface area (Å²) in [5.74, 6) is -0.377. The number of nitriles is 1. The zero-order valence-corrected chi connectivity index (χ0v) is 13.8. The van der Waals surface area contributed by atoms with Gasteiger partial charge in [-0.15, -0.1) is 0 Å². The molecule has 0 spiro atoms. The number of para-hydroxylation sites is 1. The molecule has 5 nitrogen and oxygen atoms in total. The Bertz CT molecular complexity index is 756. The summed E-state index contributed by atoms with van der Waals surface area (Å²) in [5.41, 5.74) is 0.941. The average Bonchev–Trinajstić information content (AvgIpc) is 2.60. The van der Waals surface area contributed by atoms with Crippen LogP contribution in [-0.2, 0) is 4.79 Å². The van der Waals surface area contributed by atoms with E-state index in [-0.39, 0.29) is 30.8 Å². The lowest BCUT2D eigenvalue weighted by Crippen LogP contribution is -2.37. The molecule has 0 heterocycles. The number of hydrogen-bond acceptors (Lipinski definition) is 4. The van der Waals surface area contributed by atoms with E-state index in [1.54, 1.807) is 31.2 Å². The fraction of sp³-hybridized carbons (Fsp3) is 0.263. The van der Waals surface area contributed by atoms with Gasteiger partial charge in [-0.2, -0.15) is 5.26 Å². The number of ether oxygens (including phenoxy) is 1. The highest BCUT2D eigenvalue weighted by Gasteiger charge is 2.15. The predicted octanol–water partition coefficient (Wildman–Crippen LogP) is 2.70. The SMILES string of the molecule is CC(CC(O)c1ccc(F)cc1)NC(=O)COc1ccccc1C#N. The van der Waals surface area contributed by atoms with Gasteiger partial charge in [0.1, 0.15) is 17.6 Å². The minimum absolute atomic E-state index is 0.227. The van der Waals surface area contributed by atoms with E-state index in [0.29, 0.717) is 16.9 Å². The maximum absolute atomic E-state index is 12.9. The van der Waals surface area contributed by atoms with Crippen LogP contribution in [0.15, 0.2) is 48.5 Å². The first-order chi connectivity index (χ1) is 12.0. The van der Waals surface area contributed by atoms with Crippen LogP contribution in [0.25, 0.3) is 0 Å². The van der Waals surface area contributed by atoms with Gasteiger partial charge in [-0.25, -0.2) is 4.39 Å². The number of halogens is 1. The third-order valence-corrected chi connectivity index (χ3v) is 3.61. The molecule has 2 rings (SSSR count). The fourth-order valence-electron chi connectivity index (χ4n) is 2.36. The van der Waals surface area contributed by atoms with Gasteiger partial charge in [0.05, 0.1) is 11.7 Å². The number of aliphatic hydroxyl groups is 1. The Morgan fingerprint density at radius 3 is 2.64 bits per heavy atom. The van der Waals surface area contributed by atoms with Crippen molar-refractivity contribution in [3.05, 3.63) is 65.5 Å². The minimum atomic E-state index is -0.809. The summed E-state index contributed by atoms with van der Waals surface area (Å²) >= 11 is 0. The molecule has 2 atom stereocenters. The normalized spacial score (nSPS) is 12.7. The highest BCUT2D eigenvalue weighted by Crippen LogP contribution is 2.19. The highest BCUT2D eigenvalue weighted by atomic mass is 19.1. The van der Waals surface area contributed by atoms with Crippen LogP contribution in [-0.4, -0.2) is 23.7 Å². The smallest absolute Gasteiger partial charge is 0.258 e. The summed E-state index contributed by atoms with van der Waals surface area (Å²) < 4.78 is 18.2. The first-order valence-electron chi connectivity index (χ1n) is 7.84. The maximum atomic E-state index is 12.9. The third-order valence-electron chi connectivity index (χ3n) is 3.61. The topological polar surface area (TPSA) is 82.3 Å². The van der Waals surface area contributed by atoms with E-state index in [0.717, 1.165) is 0 Å². The van der Waals surface area contributed by atoms with Crippen LogP contribution in [0.3, 0.4) is 0 Å². The van der Waals surface area contributed by atoms with E-state index < -0.39 is 6.10 Å². The van der Waals surface area contributed by atoms with Crippen LogP contribution in [0.2, 0.25) is 0 Å². The van der Waals surface area contributed by atoms with Crippen LogP contribution in [0.1, 0.15) is 30.6 Å². The molecule has 0 fully saturated rings. The highest BCUT2D eigenvalue weighted by molar-refractivity contribution is 5.77. The van der Waals surface area contributed by atoms with Crippen LogP contribution >= 0.6 is 0 Å². The molecular weight excluding hydrogens is 323 g/mol. The van der Waals surface area contributed by atoms with Crippen molar-refractivity contribution < 1.29 is 19.0 Å². The predicted molar refractivity (Wildman–Crippen MR) is 90.2 cm³/mol. The number of hydrogen-bond donors (Lipinski definition) is 2. The first kappa shape index (κ1) is 18.4. The summed E-state index contributed by atoms with van der Waals surface area (Å²) in [6, 6.07) is 13.9. The lowest BCUT2D eigenvalue weighted by atomic mass is 10.0. The number of nitrogens with one attached hydrogen (secondary N) is 1. The molecule has 2 unspecified atom stereocenters. The molecule has 0 aromatic heterocycles. The van der Waals surface area contributed by atoms with Crippen molar-refractivity contribution in [2.24, 2.45) is 0 Å². The minimum Gasteiger partial charge on any atom is -0.482 e. The van der Waals surface area contributed by atoms with Crippen LogP contribution in [0, 0.1) is 17.1 Å². The quantitative estimate of drug-likeness (QED) is 0.810. The fourth-order valence-corrected chi connectivity index (χ4v) is 2.36. The number of carbonyl (C=O) groups excluding carboxylic acids is 1. The second-order valence-corrected chi connectivity index (χ2v) is 5.67. The Morgan fingerprint density at radius 1 is 1.28 bits per heavy atom. The maximum Gasteiger partial charge on any atom is 0.258 e. The van der Waals surface area contributed by atoms with Gasteiger partial charge in [-0.05, 0) is 43.2 Å². The number of carbonyl (C=O) groups is 1. The van der Waals surface area contributed by atoms with Crippen molar-refractivity contribution >= 4 is 5.91 Å². The Labute approximate surface area is 145 Å². The molecule has 0 bridgehead atoms. The molecule has 0 aliphatic heterocycles. The van der Waals surface area contributed by atoms with Gasteiger partial charge >= 0.3 is 0 Å². The lowest BCUT2D eigenvalue weighted by Gasteiger charge is -2.18. The second-order valence-electron chi connectivity index (χ2n) is 5.67. The zero-order valence-electron chi connectivity index (χ0n) is 13.8. The molecule has 2 N–H and O–H groups in total. The summed E-state index contributed by atoms with van der Waals surface area (Å²) in [4.78, 5) is 11.9. The number of benzene rings is 2. The Morgan fingerprint density at radius 2 is 1.96 bits per heavy atom. The molecule has 0 aliphatic carbocycles. The monoisotopic (exact) mass is 342 g/mol. The van der Waals surface area contributed by atoms with Gasteiger partial charge in [0.15, 0.2) is 6.61 Å². The van der Waals surface area contributed by atoms with Gasteiger partial charge in [-0.1, -0.05) is 24.3 Å². The molecular formula is C19H19FN2O3. The number of rotatable bonds is 7. The van der Waals surface area contributed by atoms with Crippen LogP contribution in [0.5, 0.6) is 5.75 Å². The van der Waals surface area contributed by atoms with E-state index in [4.69, 9.17) is 10.00 Å². The Hall–Kier alpha value is -2.91. The van der Waals surface area contributed by atoms with Crippen molar-refractivity contribution in [2.45, 2.75) is 25.5 Å². The van der Waals surface area contributed by atoms with E-state index in [1.165, 1.54) is 24.3 Å². The van der Waals surface area contributed by atoms with Gasteiger partial charge in [-0.3, -0.25) is 4.79 Å². The molecule has 0 aliphatic rings. The summed E-state index contributed by atoms with van der Waals surface area (Å²) in [5, 5.41) is 21.8. The standard InChI is InChI=1S/C19H19FN2O3/c1-13(10-17(23)14-6-8-16(20)9-7-14)22-19(24)12-25-18-5-3-2-4-15(18)11-21/h2-9,13,17,23H,10,12H2,1H3,(H,22,24). The van der Waals surface area contributed by atoms with Crippen LogP contribution in [0.4, 0.5) is 4.39 Å². The lowest BCUT2D eigenvalue weighted by molar-refractivity contribution is -0.123. The molecule has 0 saturated heterocycles. The summed E-state index contributed by atoms with van der Waals surface area (Å²) in [7, 11) is 0. The molecule has 6 heteroatoms. The molecule has 2 aromatic carbocycles. The van der Waals surface area contributed by atoms with Gasteiger partial charge in [0.25, 0.3) is 5.91 Å². The zero-order chi connectivity index (χ0) is 18.2. The largest absolute Gasteiger partial charge is 0.482 e.